The van der Waals surface area contributed by atoms with Gasteiger partial charge in [0.1, 0.15) is 16.2 Å². The Morgan fingerprint density at radius 3 is 2.67 bits per heavy atom. The number of carbonyl (C=O) groups is 1. The Balaban J connectivity index is 2.21. The molecule has 33 heavy (non-hydrogen) atoms. The first-order valence-electron chi connectivity index (χ1n) is 10.4. The van der Waals surface area contributed by atoms with Crippen LogP contribution in [0.5, 0.6) is 5.75 Å². The Bertz CT molecular complexity index is 1140. The number of hydrogen-bond acceptors (Lipinski definition) is 7. The van der Waals surface area contributed by atoms with Crippen LogP contribution in [0.15, 0.2) is 58.4 Å². The third-order valence-electron chi connectivity index (χ3n) is 5.37. The summed E-state index contributed by atoms with van der Waals surface area (Å²) in [6, 6.07) is 10.4. The standard InChI is InChI=1S/C22H26FN3O5S2/c1-4-5-9-16-13-26(15-10-7-6-8-11-15)20-19(33(29,30)25(16)2)12-18(21(24-20)32-3)31-14-17(23)22(27)28/h6-8,10-12,14,16H,4-5,9,13H2,1-3H3,(H,27,28)/b17-14-/t16-/m0/s1. The number of benzene rings is 1. The number of carboxylic acid groups (broad SMARTS) is 1. The third-order valence-corrected chi connectivity index (χ3v) is 7.96. The number of carboxylic acids is 1. The highest BCUT2D eigenvalue weighted by atomic mass is 32.2. The molecule has 0 aliphatic carbocycles. The first kappa shape index (κ1) is 25.0. The van der Waals surface area contributed by atoms with E-state index in [0.717, 1.165) is 18.5 Å². The zero-order chi connectivity index (χ0) is 24.2. The van der Waals surface area contributed by atoms with Gasteiger partial charge in [-0.15, -0.1) is 11.8 Å². The largest absolute Gasteiger partial charge is 0.476 e. The number of rotatable bonds is 8. The fraction of sp³-hybridized carbons (Fsp3) is 0.364. The number of aliphatic carboxylic acids is 1. The second-order valence-electron chi connectivity index (χ2n) is 7.47. The number of aromatic nitrogens is 1. The Hall–Kier alpha value is -2.63. The highest BCUT2D eigenvalue weighted by Gasteiger charge is 2.38. The van der Waals surface area contributed by atoms with Crippen LogP contribution < -0.4 is 9.64 Å². The zero-order valence-corrected chi connectivity index (χ0v) is 20.2. The number of pyridine rings is 1. The van der Waals surface area contributed by atoms with E-state index in [4.69, 9.17) is 9.84 Å². The van der Waals surface area contributed by atoms with Gasteiger partial charge in [-0.05, 0) is 24.8 Å². The molecule has 2 heterocycles. The number of likely N-dealkylation sites (N-methyl/N-ethyl adjacent to an activating group) is 1. The van der Waals surface area contributed by atoms with Gasteiger partial charge in [0.2, 0.25) is 15.9 Å². The quantitative estimate of drug-likeness (QED) is 0.327. The highest BCUT2D eigenvalue weighted by Crippen LogP contribution is 2.41. The van der Waals surface area contributed by atoms with Crippen molar-refractivity contribution < 1.29 is 27.4 Å². The second-order valence-corrected chi connectivity index (χ2v) is 10.2. The summed E-state index contributed by atoms with van der Waals surface area (Å²) in [5.41, 5.74) is 0.788. The second kappa shape index (κ2) is 10.5. The number of ether oxygens (including phenoxy) is 1. The highest BCUT2D eigenvalue weighted by molar-refractivity contribution is 7.98. The lowest BCUT2D eigenvalue weighted by molar-refractivity contribution is -0.134. The molecular weight excluding hydrogens is 469 g/mol. The predicted molar refractivity (Wildman–Crippen MR) is 125 cm³/mol. The van der Waals surface area contributed by atoms with Gasteiger partial charge < -0.3 is 14.7 Å². The molecule has 3 rings (SSSR count). The van der Waals surface area contributed by atoms with Crippen LogP contribution in [-0.4, -0.2) is 54.7 Å². The molecule has 0 unspecified atom stereocenters. The minimum Gasteiger partial charge on any atom is -0.476 e. The van der Waals surface area contributed by atoms with E-state index >= 15 is 0 Å². The van der Waals surface area contributed by atoms with Gasteiger partial charge in [0.15, 0.2) is 11.6 Å². The molecule has 0 fully saturated rings. The van der Waals surface area contributed by atoms with Crippen molar-refractivity contribution in [1.29, 1.82) is 0 Å². The van der Waals surface area contributed by atoms with Crippen molar-refractivity contribution in [2.24, 2.45) is 0 Å². The molecular formula is C22H26FN3O5S2. The van der Waals surface area contributed by atoms with E-state index in [1.54, 1.807) is 13.3 Å². The Labute approximate surface area is 197 Å². The van der Waals surface area contributed by atoms with Gasteiger partial charge in [-0.25, -0.2) is 18.2 Å². The average Bonchev–Trinajstić information content (AvgIpc) is 2.89. The molecule has 1 aromatic heterocycles. The molecule has 0 bridgehead atoms. The molecule has 1 aromatic carbocycles. The molecule has 0 saturated heterocycles. The van der Waals surface area contributed by atoms with Crippen LogP contribution in [0.1, 0.15) is 26.2 Å². The molecule has 0 radical (unpaired) electrons. The average molecular weight is 496 g/mol. The van der Waals surface area contributed by atoms with Crippen molar-refractivity contribution >= 4 is 39.3 Å². The number of thioether (sulfide) groups is 1. The molecule has 11 heteroatoms. The summed E-state index contributed by atoms with van der Waals surface area (Å²) >= 11 is 1.18. The number of halogens is 1. The summed E-state index contributed by atoms with van der Waals surface area (Å²) < 4.78 is 47.2. The maximum Gasteiger partial charge on any atom is 0.368 e. The van der Waals surface area contributed by atoms with Gasteiger partial charge in [-0.2, -0.15) is 8.70 Å². The maximum absolute atomic E-state index is 13.6. The van der Waals surface area contributed by atoms with Gasteiger partial charge in [0.05, 0.1) is 0 Å². The van der Waals surface area contributed by atoms with Crippen LogP contribution in [0.4, 0.5) is 15.9 Å². The van der Waals surface area contributed by atoms with E-state index in [1.807, 2.05) is 35.2 Å². The fourth-order valence-corrected chi connectivity index (χ4v) is 5.55. The Morgan fingerprint density at radius 1 is 1.36 bits per heavy atom. The topological polar surface area (TPSA) is 100 Å². The number of para-hydroxylation sites is 1. The van der Waals surface area contributed by atoms with Gasteiger partial charge in [0, 0.05) is 31.4 Å². The summed E-state index contributed by atoms with van der Waals surface area (Å²) in [7, 11) is -2.43. The minimum atomic E-state index is -3.97. The summed E-state index contributed by atoms with van der Waals surface area (Å²) in [5, 5.41) is 9.04. The summed E-state index contributed by atoms with van der Waals surface area (Å²) in [6.45, 7) is 2.45. The van der Waals surface area contributed by atoms with E-state index < -0.39 is 21.8 Å². The SMILES string of the molecule is CCCC[C@H]1CN(c2ccccc2)c2nc(SC)c(O/C=C(\F)C(=O)O)cc2S(=O)(=O)N1C. The first-order chi connectivity index (χ1) is 15.7. The van der Waals surface area contributed by atoms with Crippen molar-refractivity contribution in [3.8, 4) is 5.75 Å². The molecule has 0 amide bonds. The zero-order valence-electron chi connectivity index (χ0n) is 18.6. The Kier molecular flexibility index (Phi) is 7.98. The van der Waals surface area contributed by atoms with Crippen LogP contribution in [0, 0.1) is 0 Å². The molecule has 1 aliphatic rings. The van der Waals surface area contributed by atoms with Gasteiger partial charge in [-0.3, -0.25) is 0 Å². The van der Waals surface area contributed by atoms with E-state index in [1.165, 1.54) is 22.1 Å². The van der Waals surface area contributed by atoms with Crippen molar-refractivity contribution in [1.82, 2.24) is 9.29 Å². The lowest BCUT2D eigenvalue weighted by atomic mass is 10.1. The number of unbranched alkanes of at least 4 members (excludes halogenated alkanes) is 1. The van der Waals surface area contributed by atoms with E-state index in [2.05, 4.69) is 11.9 Å². The van der Waals surface area contributed by atoms with Crippen LogP contribution in [0.25, 0.3) is 0 Å². The number of sulfonamides is 1. The van der Waals surface area contributed by atoms with E-state index in [0.29, 0.717) is 24.3 Å². The number of hydrogen-bond donors (Lipinski definition) is 1. The summed E-state index contributed by atoms with van der Waals surface area (Å²) in [4.78, 5) is 17.1. The van der Waals surface area contributed by atoms with Crippen molar-refractivity contribution in [3.63, 3.8) is 0 Å². The molecule has 1 atom stereocenters. The van der Waals surface area contributed by atoms with Crippen LogP contribution in [0.2, 0.25) is 0 Å². The van der Waals surface area contributed by atoms with Crippen molar-refractivity contribution in [3.05, 3.63) is 48.5 Å². The monoisotopic (exact) mass is 495 g/mol. The number of nitrogens with zero attached hydrogens (tertiary/aromatic N) is 3. The first-order valence-corrected chi connectivity index (χ1v) is 13.0. The smallest absolute Gasteiger partial charge is 0.368 e. The molecule has 178 valence electrons. The normalized spacial score (nSPS) is 18.5. The molecule has 1 aliphatic heterocycles. The minimum absolute atomic E-state index is 0.0466. The van der Waals surface area contributed by atoms with E-state index in [9.17, 15) is 17.6 Å². The van der Waals surface area contributed by atoms with Gasteiger partial charge in [0.25, 0.3) is 0 Å². The predicted octanol–water partition coefficient (Wildman–Crippen LogP) is 4.41. The fourth-order valence-electron chi connectivity index (χ4n) is 3.54. The van der Waals surface area contributed by atoms with Crippen LogP contribution in [0.3, 0.4) is 0 Å². The third kappa shape index (κ3) is 5.31. The lowest BCUT2D eigenvalue weighted by Crippen LogP contribution is -2.40. The summed E-state index contributed by atoms with van der Waals surface area (Å²) in [5.74, 6) is -3.10. The molecule has 2 aromatic rings. The maximum atomic E-state index is 13.6. The van der Waals surface area contributed by atoms with Gasteiger partial charge >= 0.3 is 5.97 Å². The van der Waals surface area contributed by atoms with Gasteiger partial charge in [-0.1, -0.05) is 38.0 Å². The van der Waals surface area contributed by atoms with E-state index in [-0.39, 0.29) is 22.5 Å². The number of anilines is 2. The van der Waals surface area contributed by atoms with Crippen molar-refractivity contribution in [2.75, 3.05) is 24.7 Å². The molecule has 1 N–H and O–H groups in total. The van der Waals surface area contributed by atoms with Crippen molar-refractivity contribution in [2.45, 2.75) is 42.1 Å². The summed E-state index contributed by atoms with van der Waals surface area (Å²) in [6.07, 6.45) is 4.61. The molecule has 8 nitrogen and oxygen atoms in total. The molecule has 0 saturated carbocycles. The Morgan fingerprint density at radius 2 is 2.06 bits per heavy atom. The lowest BCUT2D eigenvalue weighted by Gasteiger charge is -2.29. The number of fused-ring (bicyclic) bond motifs is 1. The molecule has 0 spiro atoms. The van der Waals surface area contributed by atoms with Crippen LogP contribution >= 0.6 is 11.8 Å². The van der Waals surface area contributed by atoms with Crippen LogP contribution in [-0.2, 0) is 14.8 Å².